The molecule has 1 heterocycles. The first-order valence-corrected chi connectivity index (χ1v) is 3.74. The van der Waals surface area contributed by atoms with Gasteiger partial charge in [-0.1, -0.05) is 11.8 Å². The van der Waals surface area contributed by atoms with Crippen molar-refractivity contribution >= 4 is 0 Å². The van der Waals surface area contributed by atoms with E-state index in [0.29, 0.717) is 12.5 Å². The van der Waals surface area contributed by atoms with Gasteiger partial charge in [-0.05, 0) is 5.92 Å². The fourth-order valence-corrected chi connectivity index (χ4v) is 1.13. The number of likely N-dealkylation sites (tertiary alicyclic amines) is 1. The van der Waals surface area contributed by atoms with Crippen LogP contribution in [-0.4, -0.2) is 42.9 Å². The molecular weight excluding hydrogens is 181 g/mol. The summed E-state index contributed by atoms with van der Waals surface area (Å²) in [5.74, 6) is 5.71. The van der Waals surface area contributed by atoms with Crippen LogP contribution in [0.3, 0.4) is 0 Å². The van der Waals surface area contributed by atoms with E-state index in [1.165, 1.54) is 0 Å². The largest absolute Gasteiger partial charge is 1.00 e. The third-order valence-corrected chi connectivity index (χ3v) is 1.78. The van der Waals surface area contributed by atoms with E-state index in [2.05, 4.69) is 16.7 Å². The van der Waals surface area contributed by atoms with Crippen molar-refractivity contribution in [1.29, 1.82) is 0 Å². The number of aliphatic hydroxyl groups is 1. The minimum Gasteiger partial charge on any atom is -0.854 e. The zero-order valence-corrected chi connectivity index (χ0v) is 10.5. The van der Waals surface area contributed by atoms with Gasteiger partial charge in [-0.15, -0.1) is 6.61 Å². The van der Waals surface area contributed by atoms with E-state index in [9.17, 15) is 5.11 Å². The van der Waals surface area contributed by atoms with Crippen molar-refractivity contribution in [3.63, 3.8) is 0 Å². The summed E-state index contributed by atoms with van der Waals surface area (Å²) < 4.78 is 0. The molecule has 62 valence electrons. The molecule has 0 unspecified atom stereocenters. The normalized spacial score (nSPS) is 17.2. The van der Waals surface area contributed by atoms with Gasteiger partial charge in [0.15, 0.2) is 0 Å². The number of hydrogen-bond donors (Lipinski definition) is 1. The fourth-order valence-electron chi connectivity index (χ4n) is 1.13. The van der Waals surface area contributed by atoms with Crippen molar-refractivity contribution in [2.45, 2.75) is 0 Å². The van der Waals surface area contributed by atoms with E-state index in [-0.39, 0.29) is 64.6 Å². The molecule has 4 heteroatoms. The molecule has 0 bridgehead atoms. The molecule has 0 radical (unpaired) electrons. The Kier molecular flexibility index (Phi) is 8.15. The molecule has 0 aromatic heterocycles. The summed E-state index contributed by atoms with van der Waals surface area (Å²) in [5.41, 5.74) is 0. The van der Waals surface area contributed by atoms with Crippen LogP contribution in [0, 0.1) is 17.8 Å². The molecule has 0 aromatic carbocycles. The first-order chi connectivity index (χ1) is 5.36. The third-order valence-electron chi connectivity index (χ3n) is 1.78. The van der Waals surface area contributed by atoms with E-state index in [1.807, 2.05) is 0 Å². The minimum absolute atomic E-state index is 0. The average Bonchev–Trinajstić information content (AvgIpc) is 1.94. The van der Waals surface area contributed by atoms with Crippen molar-refractivity contribution in [1.82, 2.24) is 4.90 Å². The van der Waals surface area contributed by atoms with Crippen LogP contribution < -0.4 is 56.5 Å². The molecule has 0 aliphatic carbocycles. The van der Waals surface area contributed by atoms with Crippen LogP contribution in [0.4, 0.5) is 0 Å². The van der Waals surface area contributed by atoms with Crippen LogP contribution in [0.5, 0.6) is 0 Å². The molecule has 0 atom stereocenters. The summed E-state index contributed by atoms with van der Waals surface area (Å²) in [6.45, 7) is 2.41. The Labute approximate surface area is 116 Å². The molecule has 0 aromatic rings. The first-order valence-electron chi connectivity index (χ1n) is 3.74. The maximum absolute atomic E-state index is 10.3. The maximum Gasteiger partial charge on any atom is 1.00 e. The van der Waals surface area contributed by atoms with Gasteiger partial charge in [-0.2, -0.15) is 0 Å². The Morgan fingerprint density at radius 2 is 2.08 bits per heavy atom. The Morgan fingerprint density at radius 3 is 2.58 bits per heavy atom. The van der Waals surface area contributed by atoms with Crippen LogP contribution in [0.15, 0.2) is 0 Å². The molecule has 1 aliphatic heterocycles. The topological polar surface area (TPSA) is 46.5 Å². The second-order valence-corrected chi connectivity index (χ2v) is 2.74. The molecular formula is C8H12KNO2. The zero-order valence-electron chi connectivity index (χ0n) is 7.42. The van der Waals surface area contributed by atoms with Crippen molar-refractivity contribution in [3.05, 3.63) is 0 Å². The van der Waals surface area contributed by atoms with E-state index >= 15 is 0 Å². The van der Waals surface area contributed by atoms with Gasteiger partial charge in [0.25, 0.3) is 0 Å². The molecule has 1 rings (SSSR count). The second-order valence-electron chi connectivity index (χ2n) is 2.74. The van der Waals surface area contributed by atoms with Gasteiger partial charge < -0.3 is 10.2 Å². The van der Waals surface area contributed by atoms with Gasteiger partial charge in [0.2, 0.25) is 0 Å². The smallest absolute Gasteiger partial charge is 0.854 e. The van der Waals surface area contributed by atoms with Crippen LogP contribution in [0.1, 0.15) is 0 Å². The predicted octanol–water partition coefficient (Wildman–Crippen LogP) is -4.72. The van der Waals surface area contributed by atoms with Gasteiger partial charge >= 0.3 is 51.4 Å². The number of rotatable bonds is 2. The number of aliphatic hydroxyl groups excluding tert-OH is 1. The van der Waals surface area contributed by atoms with Gasteiger partial charge in [0.1, 0.15) is 6.61 Å². The summed E-state index contributed by atoms with van der Waals surface area (Å²) >= 11 is 0. The van der Waals surface area contributed by atoms with E-state index in [4.69, 9.17) is 5.11 Å². The zero-order chi connectivity index (χ0) is 8.10. The average molecular weight is 193 g/mol. The van der Waals surface area contributed by atoms with Crippen molar-refractivity contribution in [2.75, 3.05) is 32.8 Å². The number of nitrogens with zero attached hydrogens (tertiary/aromatic N) is 1. The van der Waals surface area contributed by atoms with E-state index in [1.54, 1.807) is 0 Å². The molecule has 0 saturated carbocycles. The SMILES string of the molecule is [K+].[O-]CC1CN(CC#CCO)C1. The number of hydrogen-bond acceptors (Lipinski definition) is 3. The Bertz CT molecular complexity index is 170. The summed E-state index contributed by atoms with van der Waals surface area (Å²) in [7, 11) is 0. The maximum atomic E-state index is 10.3. The summed E-state index contributed by atoms with van der Waals surface area (Å²) in [4.78, 5) is 2.10. The van der Waals surface area contributed by atoms with Gasteiger partial charge in [0.05, 0.1) is 6.54 Å². The fraction of sp³-hybridized carbons (Fsp3) is 0.750. The van der Waals surface area contributed by atoms with Gasteiger partial charge in [0, 0.05) is 13.1 Å². The van der Waals surface area contributed by atoms with Crippen molar-refractivity contribution < 1.29 is 61.6 Å². The third kappa shape index (κ3) is 4.35. The monoisotopic (exact) mass is 193 g/mol. The molecule has 1 saturated heterocycles. The van der Waals surface area contributed by atoms with Crippen molar-refractivity contribution in [2.24, 2.45) is 5.92 Å². The van der Waals surface area contributed by atoms with Crippen LogP contribution >= 0.6 is 0 Å². The molecule has 1 N–H and O–H groups in total. The Hall–Kier alpha value is 1.08. The minimum atomic E-state index is -0.0706. The van der Waals surface area contributed by atoms with Gasteiger partial charge in [-0.3, -0.25) is 4.90 Å². The summed E-state index contributed by atoms with van der Waals surface area (Å²) in [6.07, 6.45) is 0. The molecule has 0 spiro atoms. The van der Waals surface area contributed by atoms with Crippen LogP contribution in [0.25, 0.3) is 0 Å². The second kappa shape index (κ2) is 7.48. The summed E-state index contributed by atoms with van der Waals surface area (Å²) in [6, 6.07) is 0. The van der Waals surface area contributed by atoms with E-state index in [0.717, 1.165) is 13.1 Å². The van der Waals surface area contributed by atoms with E-state index < -0.39 is 0 Å². The molecule has 1 aliphatic rings. The van der Waals surface area contributed by atoms with Crippen LogP contribution in [-0.2, 0) is 0 Å². The van der Waals surface area contributed by atoms with Crippen molar-refractivity contribution in [3.8, 4) is 11.8 Å². The molecule has 0 amide bonds. The predicted molar refractivity (Wildman–Crippen MR) is 39.7 cm³/mol. The summed E-state index contributed by atoms with van der Waals surface area (Å²) in [5, 5.41) is 18.6. The Balaban J connectivity index is 0.00000121. The standard InChI is InChI=1S/C8H12NO2.K/c10-4-2-1-3-9-5-8(6-9)7-11;/h8,10H,3-7H2;/q-1;+1. The quantitative estimate of drug-likeness (QED) is 0.354. The first kappa shape index (κ1) is 13.1. The Morgan fingerprint density at radius 1 is 1.42 bits per heavy atom. The molecule has 1 fully saturated rings. The molecule has 3 nitrogen and oxygen atoms in total. The van der Waals surface area contributed by atoms with Gasteiger partial charge in [-0.25, -0.2) is 0 Å². The molecule has 12 heavy (non-hydrogen) atoms. The van der Waals surface area contributed by atoms with Crippen LogP contribution in [0.2, 0.25) is 0 Å².